The summed E-state index contributed by atoms with van der Waals surface area (Å²) >= 11 is 7.07. The van der Waals surface area contributed by atoms with Gasteiger partial charge in [0.05, 0.1) is 6.67 Å². The summed E-state index contributed by atoms with van der Waals surface area (Å²) in [6.07, 6.45) is 0. The van der Waals surface area contributed by atoms with Gasteiger partial charge in [-0.05, 0) is 13.8 Å². The van der Waals surface area contributed by atoms with E-state index >= 15 is 0 Å². The molecule has 0 spiro atoms. The first kappa shape index (κ1) is 12.8. The topological polar surface area (TPSA) is 23.6 Å². The van der Waals surface area contributed by atoms with E-state index in [-0.39, 0.29) is 5.25 Å². The number of rotatable bonds is 2. The van der Waals surface area contributed by atoms with Crippen LogP contribution in [0.25, 0.3) is 0 Å². The number of thioether (sulfide) groups is 1. The van der Waals surface area contributed by atoms with Crippen molar-refractivity contribution in [2.24, 2.45) is 0 Å². The summed E-state index contributed by atoms with van der Waals surface area (Å²) in [5.74, 6) is 1.92. The van der Waals surface area contributed by atoms with Gasteiger partial charge in [0.2, 0.25) is 0 Å². The maximum Gasteiger partial charge on any atom is 0.137 e. The van der Waals surface area contributed by atoms with Crippen molar-refractivity contribution in [1.29, 1.82) is 0 Å². The molecule has 3 atom stereocenters. The van der Waals surface area contributed by atoms with Gasteiger partial charge in [-0.25, -0.2) is 0 Å². The molecule has 6 heteroatoms. The summed E-state index contributed by atoms with van der Waals surface area (Å²) in [6, 6.07) is 0.392. The van der Waals surface area contributed by atoms with Crippen molar-refractivity contribution < 1.29 is 4.21 Å². The third kappa shape index (κ3) is 2.60. The molecule has 2 aliphatic heterocycles. The molecular weight excluding hydrogens is 260 g/mol. The lowest BCUT2D eigenvalue weighted by molar-refractivity contribution is 0.150. The average molecular weight is 278 g/mol. The Morgan fingerprint density at radius 1 is 1.50 bits per heavy atom. The van der Waals surface area contributed by atoms with Crippen LogP contribution in [0.5, 0.6) is 0 Å². The summed E-state index contributed by atoms with van der Waals surface area (Å²) in [5.41, 5.74) is 0. The summed E-state index contributed by atoms with van der Waals surface area (Å²) < 4.78 is 12.7. The molecule has 0 aromatic heterocycles. The minimum Gasteiger partial charge on any atom is -0.344 e. The second-order valence-corrected chi connectivity index (χ2v) is 8.00. The summed E-state index contributed by atoms with van der Waals surface area (Å²) in [5, 5.41) is 0.276. The average Bonchev–Trinajstić information content (AvgIpc) is 2.65. The molecule has 16 heavy (non-hydrogen) atoms. The second-order valence-electron chi connectivity index (χ2n) is 4.36. The molecule has 2 aliphatic rings. The van der Waals surface area contributed by atoms with Gasteiger partial charge in [-0.2, -0.15) is 0 Å². The van der Waals surface area contributed by atoms with Crippen LogP contribution in [0, 0.1) is 0 Å². The molecule has 2 fully saturated rings. The highest BCUT2D eigenvalue weighted by molar-refractivity contribution is 8.23. The number of hydrogen-bond acceptors (Lipinski definition) is 4. The van der Waals surface area contributed by atoms with Crippen LogP contribution in [-0.2, 0) is 10.8 Å². The predicted octanol–water partition coefficient (Wildman–Crippen LogP) is 1.12. The molecule has 0 bridgehead atoms. The van der Waals surface area contributed by atoms with E-state index in [1.165, 1.54) is 0 Å². The Morgan fingerprint density at radius 2 is 2.25 bits per heavy atom. The van der Waals surface area contributed by atoms with E-state index in [2.05, 4.69) is 23.6 Å². The van der Waals surface area contributed by atoms with Crippen molar-refractivity contribution in [3.8, 4) is 0 Å². The van der Waals surface area contributed by atoms with Crippen LogP contribution in [0.3, 0.4) is 0 Å². The van der Waals surface area contributed by atoms with E-state index in [1.54, 1.807) is 11.8 Å². The van der Waals surface area contributed by atoms with Crippen LogP contribution >= 0.6 is 24.0 Å². The molecule has 0 aliphatic carbocycles. The van der Waals surface area contributed by atoms with E-state index < -0.39 is 10.8 Å². The first-order chi connectivity index (χ1) is 7.59. The number of hydrogen-bond donors (Lipinski definition) is 0. The first-order valence-corrected chi connectivity index (χ1v) is 8.40. The van der Waals surface area contributed by atoms with Gasteiger partial charge in [0.15, 0.2) is 0 Å². The van der Waals surface area contributed by atoms with Gasteiger partial charge >= 0.3 is 0 Å². The SMILES string of the molecule is C[C@@H]1[C@H](C)[S@@](=O)CCN1CN1CCSC1=S. The van der Waals surface area contributed by atoms with Gasteiger partial charge in [0.25, 0.3) is 0 Å². The zero-order chi connectivity index (χ0) is 11.7. The molecule has 0 aromatic rings. The monoisotopic (exact) mass is 278 g/mol. The predicted molar refractivity (Wildman–Crippen MR) is 75.3 cm³/mol. The zero-order valence-corrected chi connectivity index (χ0v) is 12.2. The van der Waals surface area contributed by atoms with E-state index in [0.29, 0.717) is 6.04 Å². The van der Waals surface area contributed by atoms with E-state index in [1.807, 2.05) is 0 Å². The highest BCUT2D eigenvalue weighted by atomic mass is 32.2. The molecular formula is C10H18N2OS3. The van der Waals surface area contributed by atoms with Crippen molar-refractivity contribution in [3.63, 3.8) is 0 Å². The smallest absolute Gasteiger partial charge is 0.137 e. The minimum absolute atomic E-state index is 0.276. The normalized spacial score (nSPS) is 37.0. The molecule has 3 nitrogen and oxygen atoms in total. The molecule has 0 saturated carbocycles. The Morgan fingerprint density at radius 3 is 2.88 bits per heavy atom. The quantitative estimate of drug-likeness (QED) is 0.705. The van der Waals surface area contributed by atoms with Crippen molar-refractivity contribution in [2.45, 2.75) is 25.1 Å². The van der Waals surface area contributed by atoms with Gasteiger partial charge in [-0.3, -0.25) is 9.11 Å². The van der Waals surface area contributed by atoms with Crippen molar-refractivity contribution in [3.05, 3.63) is 0 Å². The molecule has 0 aromatic carbocycles. The van der Waals surface area contributed by atoms with Crippen molar-refractivity contribution >= 4 is 39.1 Å². The van der Waals surface area contributed by atoms with Crippen LogP contribution in [0.15, 0.2) is 0 Å². The number of nitrogens with zero attached hydrogens (tertiary/aromatic N) is 2. The fourth-order valence-corrected chi connectivity index (χ4v) is 4.70. The fraction of sp³-hybridized carbons (Fsp3) is 0.900. The zero-order valence-electron chi connectivity index (χ0n) is 9.72. The highest BCUT2D eigenvalue weighted by Gasteiger charge is 2.31. The summed E-state index contributed by atoms with van der Waals surface area (Å²) in [4.78, 5) is 4.67. The fourth-order valence-electron chi connectivity index (χ4n) is 2.09. The van der Waals surface area contributed by atoms with Crippen molar-refractivity contribution in [2.75, 3.05) is 31.3 Å². The Labute approximate surface area is 109 Å². The Hall–Kier alpha value is 0.350. The van der Waals surface area contributed by atoms with E-state index in [4.69, 9.17) is 12.2 Å². The molecule has 2 heterocycles. The van der Waals surface area contributed by atoms with Gasteiger partial charge in [-0.15, -0.1) is 0 Å². The van der Waals surface area contributed by atoms with E-state index in [9.17, 15) is 4.21 Å². The minimum atomic E-state index is -0.646. The maximum atomic E-state index is 11.7. The van der Waals surface area contributed by atoms with Gasteiger partial charge < -0.3 is 4.90 Å². The van der Waals surface area contributed by atoms with Crippen LogP contribution in [-0.4, -0.2) is 60.9 Å². The third-order valence-corrected chi connectivity index (χ3v) is 6.76. The molecule has 2 saturated heterocycles. The molecule has 0 N–H and O–H groups in total. The lowest BCUT2D eigenvalue weighted by Gasteiger charge is -2.39. The Balaban J connectivity index is 1.94. The lowest BCUT2D eigenvalue weighted by Crippen LogP contribution is -2.53. The standard InChI is InChI=1S/C10H18N2OS3/c1-8-9(2)16(13)6-4-11(8)7-12-3-5-15-10(12)14/h8-9H,3-7H2,1-2H3/t8-,9+,16+/m1/s1. The summed E-state index contributed by atoms with van der Waals surface area (Å²) in [7, 11) is -0.646. The molecule has 0 radical (unpaired) electrons. The van der Waals surface area contributed by atoms with Gasteiger partial charge in [0, 0.05) is 46.7 Å². The van der Waals surface area contributed by atoms with Gasteiger partial charge in [-0.1, -0.05) is 24.0 Å². The van der Waals surface area contributed by atoms with Gasteiger partial charge in [0.1, 0.15) is 4.32 Å². The Kier molecular flexibility index (Phi) is 4.26. The van der Waals surface area contributed by atoms with Crippen LogP contribution in [0.1, 0.15) is 13.8 Å². The largest absolute Gasteiger partial charge is 0.344 e. The van der Waals surface area contributed by atoms with Crippen LogP contribution in [0.2, 0.25) is 0 Å². The molecule has 2 rings (SSSR count). The second kappa shape index (κ2) is 5.33. The molecule has 0 amide bonds. The highest BCUT2D eigenvalue weighted by Crippen LogP contribution is 2.21. The maximum absolute atomic E-state index is 11.7. The number of thiocarbonyl (C=S) groups is 1. The summed E-state index contributed by atoms with van der Waals surface area (Å²) in [6.45, 7) is 7.17. The van der Waals surface area contributed by atoms with Crippen LogP contribution < -0.4 is 0 Å². The Bertz CT molecular complexity index is 310. The third-order valence-electron chi connectivity index (χ3n) is 3.45. The first-order valence-electron chi connectivity index (χ1n) is 5.62. The van der Waals surface area contributed by atoms with E-state index in [0.717, 1.165) is 35.6 Å². The molecule has 0 unspecified atom stereocenters. The van der Waals surface area contributed by atoms with Crippen LogP contribution in [0.4, 0.5) is 0 Å². The molecule has 92 valence electrons. The lowest BCUT2D eigenvalue weighted by atomic mass is 10.2. The van der Waals surface area contributed by atoms with Crippen molar-refractivity contribution in [1.82, 2.24) is 9.80 Å².